The Kier molecular flexibility index (Phi) is 9.35. The highest BCUT2D eigenvalue weighted by Crippen LogP contribution is 2.05. The highest BCUT2D eigenvalue weighted by molar-refractivity contribution is 4.64. The third-order valence-corrected chi connectivity index (χ3v) is 2.32. The van der Waals surface area contributed by atoms with Gasteiger partial charge in [0.05, 0.1) is 0 Å². The van der Waals surface area contributed by atoms with Crippen LogP contribution >= 0.6 is 0 Å². The van der Waals surface area contributed by atoms with Crippen molar-refractivity contribution in [2.45, 2.75) is 39.2 Å². The number of hydrogen-bond donors (Lipinski definition) is 1. The molecule has 0 heterocycles. The van der Waals surface area contributed by atoms with E-state index >= 15 is 0 Å². The molecule has 0 bridgehead atoms. The van der Waals surface area contributed by atoms with Crippen molar-refractivity contribution < 1.29 is 9.47 Å². The Morgan fingerprint density at radius 2 is 1.71 bits per heavy atom. The molecule has 0 aliphatic carbocycles. The van der Waals surface area contributed by atoms with Gasteiger partial charge < -0.3 is 15.2 Å². The smallest absolute Gasteiger partial charge is 0.0487 e. The van der Waals surface area contributed by atoms with Crippen molar-refractivity contribution in [2.24, 2.45) is 11.7 Å². The second-order valence-corrected chi connectivity index (χ2v) is 4.01. The third-order valence-electron chi connectivity index (χ3n) is 2.32. The zero-order valence-corrected chi connectivity index (χ0v) is 9.79. The van der Waals surface area contributed by atoms with Gasteiger partial charge >= 0.3 is 0 Å². The standard InChI is InChI=1S/C11H25NO2/c1-10(2)11(12)6-4-8-14-9-5-7-13-3/h10-11H,4-9,12H2,1-3H3. The summed E-state index contributed by atoms with van der Waals surface area (Å²) in [6.07, 6.45) is 3.10. The van der Waals surface area contributed by atoms with E-state index in [0.717, 1.165) is 39.1 Å². The maximum Gasteiger partial charge on any atom is 0.0487 e. The van der Waals surface area contributed by atoms with Crippen LogP contribution in [0.1, 0.15) is 33.1 Å². The number of ether oxygens (including phenoxy) is 2. The molecule has 0 saturated heterocycles. The van der Waals surface area contributed by atoms with Crippen LogP contribution in [-0.2, 0) is 9.47 Å². The normalized spacial score (nSPS) is 13.5. The van der Waals surface area contributed by atoms with Crippen molar-refractivity contribution >= 4 is 0 Å². The van der Waals surface area contributed by atoms with Crippen LogP contribution in [-0.4, -0.2) is 33.0 Å². The van der Waals surface area contributed by atoms with E-state index in [4.69, 9.17) is 15.2 Å². The minimum atomic E-state index is 0.317. The van der Waals surface area contributed by atoms with Crippen LogP contribution in [0.15, 0.2) is 0 Å². The summed E-state index contributed by atoms with van der Waals surface area (Å²) < 4.78 is 10.3. The van der Waals surface area contributed by atoms with Crippen molar-refractivity contribution in [1.82, 2.24) is 0 Å². The lowest BCUT2D eigenvalue weighted by Gasteiger charge is -2.14. The molecule has 3 heteroatoms. The van der Waals surface area contributed by atoms with Gasteiger partial charge in [0.2, 0.25) is 0 Å². The largest absolute Gasteiger partial charge is 0.385 e. The molecule has 0 amide bonds. The summed E-state index contributed by atoms with van der Waals surface area (Å²) in [6.45, 7) is 6.72. The molecule has 0 spiro atoms. The quantitative estimate of drug-likeness (QED) is 0.581. The molecule has 0 aromatic heterocycles. The maximum atomic E-state index is 5.90. The Morgan fingerprint density at radius 1 is 1.07 bits per heavy atom. The van der Waals surface area contributed by atoms with Crippen LogP contribution < -0.4 is 5.73 Å². The van der Waals surface area contributed by atoms with Gasteiger partial charge in [0.15, 0.2) is 0 Å². The van der Waals surface area contributed by atoms with Crippen molar-refractivity contribution in [2.75, 3.05) is 26.9 Å². The van der Waals surface area contributed by atoms with Gasteiger partial charge in [-0.1, -0.05) is 13.8 Å². The van der Waals surface area contributed by atoms with E-state index < -0.39 is 0 Å². The van der Waals surface area contributed by atoms with Crippen LogP contribution in [0.5, 0.6) is 0 Å². The summed E-state index contributed by atoms with van der Waals surface area (Å²) in [5, 5.41) is 0. The predicted octanol–water partition coefficient (Wildman–Crippen LogP) is 1.80. The van der Waals surface area contributed by atoms with Crippen molar-refractivity contribution in [3.8, 4) is 0 Å². The zero-order valence-electron chi connectivity index (χ0n) is 9.79. The van der Waals surface area contributed by atoms with Crippen LogP contribution in [0, 0.1) is 5.92 Å². The average molecular weight is 203 g/mol. The fourth-order valence-electron chi connectivity index (χ4n) is 1.16. The molecule has 14 heavy (non-hydrogen) atoms. The molecule has 0 saturated carbocycles. The van der Waals surface area contributed by atoms with E-state index in [1.54, 1.807) is 7.11 Å². The Labute approximate surface area is 88.0 Å². The number of methoxy groups -OCH3 is 1. The summed E-state index contributed by atoms with van der Waals surface area (Å²) in [6, 6.07) is 0.317. The van der Waals surface area contributed by atoms with Crippen LogP contribution in [0.4, 0.5) is 0 Å². The Bertz CT molecular complexity index is 118. The fourth-order valence-corrected chi connectivity index (χ4v) is 1.16. The fraction of sp³-hybridized carbons (Fsp3) is 1.00. The Hall–Kier alpha value is -0.120. The van der Waals surface area contributed by atoms with Crippen LogP contribution in [0.25, 0.3) is 0 Å². The topological polar surface area (TPSA) is 44.5 Å². The van der Waals surface area contributed by atoms with Crippen LogP contribution in [0.3, 0.4) is 0 Å². The van der Waals surface area contributed by atoms with E-state index in [2.05, 4.69) is 13.8 Å². The lowest BCUT2D eigenvalue weighted by molar-refractivity contribution is 0.0989. The SMILES string of the molecule is COCCCOCCCC(N)C(C)C. The number of rotatable bonds is 9. The van der Waals surface area contributed by atoms with Gasteiger partial charge in [-0.05, 0) is 25.2 Å². The van der Waals surface area contributed by atoms with E-state index in [1.807, 2.05) is 0 Å². The van der Waals surface area contributed by atoms with E-state index in [9.17, 15) is 0 Å². The van der Waals surface area contributed by atoms with Crippen molar-refractivity contribution in [3.05, 3.63) is 0 Å². The first-order chi connectivity index (χ1) is 6.68. The van der Waals surface area contributed by atoms with Gasteiger partial charge in [-0.3, -0.25) is 0 Å². The highest BCUT2D eigenvalue weighted by atomic mass is 16.5. The van der Waals surface area contributed by atoms with Gasteiger partial charge in [-0.15, -0.1) is 0 Å². The molecule has 0 rings (SSSR count). The zero-order chi connectivity index (χ0) is 10.8. The molecule has 0 aromatic carbocycles. The summed E-state index contributed by atoms with van der Waals surface area (Å²) >= 11 is 0. The minimum Gasteiger partial charge on any atom is -0.385 e. The lowest BCUT2D eigenvalue weighted by atomic mass is 10.0. The van der Waals surface area contributed by atoms with E-state index in [0.29, 0.717) is 12.0 Å². The molecule has 1 unspecified atom stereocenters. The molecule has 0 radical (unpaired) electrons. The second kappa shape index (κ2) is 9.44. The lowest BCUT2D eigenvalue weighted by Crippen LogP contribution is -2.26. The summed E-state index contributed by atoms with van der Waals surface area (Å²) in [7, 11) is 1.71. The molecular formula is C11H25NO2. The minimum absolute atomic E-state index is 0.317. The first-order valence-electron chi connectivity index (χ1n) is 5.50. The summed E-state index contributed by atoms with van der Waals surface area (Å²) in [4.78, 5) is 0. The van der Waals surface area contributed by atoms with E-state index in [-0.39, 0.29) is 0 Å². The molecule has 0 aliphatic heterocycles. The molecule has 0 aromatic rings. The molecular weight excluding hydrogens is 178 g/mol. The second-order valence-electron chi connectivity index (χ2n) is 4.01. The first kappa shape index (κ1) is 13.9. The first-order valence-corrected chi connectivity index (χ1v) is 5.50. The summed E-state index contributed by atoms with van der Waals surface area (Å²) in [5.74, 6) is 0.573. The molecule has 1 atom stereocenters. The third kappa shape index (κ3) is 8.48. The van der Waals surface area contributed by atoms with Crippen molar-refractivity contribution in [1.29, 1.82) is 0 Å². The van der Waals surface area contributed by atoms with Crippen LogP contribution in [0.2, 0.25) is 0 Å². The average Bonchev–Trinajstić information content (AvgIpc) is 2.16. The molecule has 86 valence electrons. The molecule has 2 N–H and O–H groups in total. The molecule has 0 fully saturated rings. The Morgan fingerprint density at radius 3 is 2.29 bits per heavy atom. The monoisotopic (exact) mass is 203 g/mol. The van der Waals surface area contributed by atoms with Gasteiger partial charge in [-0.25, -0.2) is 0 Å². The summed E-state index contributed by atoms with van der Waals surface area (Å²) in [5.41, 5.74) is 5.90. The number of nitrogens with two attached hydrogens (primary N) is 1. The predicted molar refractivity (Wildman–Crippen MR) is 59.4 cm³/mol. The molecule has 3 nitrogen and oxygen atoms in total. The van der Waals surface area contributed by atoms with Gasteiger partial charge in [0.1, 0.15) is 0 Å². The number of hydrogen-bond acceptors (Lipinski definition) is 3. The maximum absolute atomic E-state index is 5.90. The molecule has 0 aliphatic rings. The van der Waals surface area contributed by atoms with E-state index in [1.165, 1.54) is 0 Å². The van der Waals surface area contributed by atoms with Gasteiger partial charge in [-0.2, -0.15) is 0 Å². The van der Waals surface area contributed by atoms with Crippen molar-refractivity contribution in [3.63, 3.8) is 0 Å². The van der Waals surface area contributed by atoms with Gasteiger partial charge in [0, 0.05) is 33.0 Å². The van der Waals surface area contributed by atoms with Gasteiger partial charge in [0.25, 0.3) is 0 Å². The highest BCUT2D eigenvalue weighted by Gasteiger charge is 2.06. The Balaban J connectivity index is 3.06.